The molecule has 49 heavy (non-hydrogen) atoms. The normalized spacial score (nSPS) is 17.3. The van der Waals surface area contributed by atoms with Gasteiger partial charge in [0.05, 0.1) is 40.4 Å². The Morgan fingerprint density at radius 1 is 1.00 bits per heavy atom. The maximum Gasteiger partial charge on any atom is 0.477 e. The molecule has 1 aliphatic carbocycles. The largest absolute Gasteiger partial charge is 0.477 e. The Labute approximate surface area is 276 Å². The van der Waals surface area contributed by atoms with Crippen LogP contribution in [-0.2, 0) is 31.4 Å². The first-order valence-electron chi connectivity index (χ1n) is 15.3. The number of aromatic nitrogens is 7. The molecule has 262 valence electrons. The van der Waals surface area contributed by atoms with Gasteiger partial charge in [-0.3, -0.25) is 32.6 Å². The van der Waals surface area contributed by atoms with Crippen molar-refractivity contribution in [3.05, 3.63) is 80.8 Å². The number of hydrogen-bond donors (Lipinski definition) is 1. The maximum atomic E-state index is 14.9. The Morgan fingerprint density at radius 3 is 2.35 bits per heavy atom. The average molecular weight is 708 g/mol. The van der Waals surface area contributed by atoms with E-state index >= 15 is 0 Å². The SMILES string of the molecule is CC(C)(C)OP(=O)(OCn1cc(-c2cc([C@@H]3C[C@H]3c3ccc4cnn(CC(F)(F)F)c4c3)c3ncc(F)n3n2)c(=O)[nH]c1=O)OC(C)(C)C. The third-order valence-electron chi connectivity index (χ3n) is 7.48. The van der Waals surface area contributed by atoms with Crippen molar-refractivity contribution in [1.29, 1.82) is 0 Å². The number of aromatic amines is 1. The lowest BCUT2D eigenvalue weighted by Gasteiger charge is -2.30. The molecule has 1 aromatic carbocycles. The van der Waals surface area contributed by atoms with Crippen LogP contribution in [-0.4, -0.2) is 51.3 Å². The van der Waals surface area contributed by atoms with Gasteiger partial charge in [0.1, 0.15) is 13.3 Å². The smallest absolute Gasteiger partial charge is 0.281 e. The Hall–Kier alpha value is -4.18. The molecule has 1 N–H and O–H groups in total. The highest BCUT2D eigenvalue weighted by molar-refractivity contribution is 7.48. The first-order valence-corrected chi connectivity index (χ1v) is 16.7. The molecule has 0 saturated heterocycles. The topological polar surface area (TPSA) is 148 Å². The lowest BCUT2D eigenvalue weighted by Crippen LogP contribution is -2.32. The number of nitrogens with zero attached hydrogens (tertiary/aromatic N) is 6. The van der Waals surface area contributed by atoms with E-state index in [1.165, 1.54) is 6.20 Å². The summed E-state index contributed by atoms with van der Waals surface area (Å²) in [5.74, 6) is -1.20. The molecule has 0 radical (unpaired) electrons. The summed E-state index contributed by atoms with van der Waals surface area (Å²) in [5, 5.41) is 8.71. The Kier molecular flexibility index (Phi) is 8.49. The Balaban J connectivity index is 1.34. The number of imidazole rings is 1. The third-order valence-corrected chi connectivity index (χ3v) is 9.46. The predicted molar refractivity (Wildman–Crippen MR) is 170 cm³/mol. The summed E-state index contributed by atoms with van der Waals surface area (Å²) in [6.07, 6.45) is -0.389. The molecule has 1 aliphatic rings. The summed E-state index contributed by atoms with van der Waals surface area (Å²) in [6.45, 7) is 8.04. The van der Waals surface area contributed by atoms with E-state index in [1.807, 2.05) is 6.07 Å². The number of benzene rings is 1. The number of H-pyrrole nitrogens is 1. The maximum absolute atomic E-state index is 14.9. The van der Waals surface area contributed by atoms with Crippen LogP contribution in [0.1, 0.15) is 70.9 Å². The third kappa shape index (κ3) is 7.69. The van der Waals surface area contributed by atoms with Crippen LogP contribution in [0, 0.1) is 5.95 Å². The molecule has 13 nitrogen and oxygen atoms in total. The van der Waals surface area contributed by atoms with Crippen LogP contribution in [0.15, 0.2) is 52.4 Å². The van der Waals surface area contributed by atoms with Crippen LogP contribution < -0.4 is 11.2 Å². The standard InChI is InChI=1S/C31H34F4N7O6P/c1-29(2,3)47-49(45,48-30(4,5)6)46-16-40-14-22(27(43)38-28(40)44)23-11-21(26-36-13-25(32)42(26)39-23)20-10-19(20)17-7-8-18-12-37-41(24(18)9-17)15-31(33,34)35/h7-9,11-14,19-20H,10,15-16H2,1-6H3,(H,38,43,44)/t19-,20+/m0/s1. The van der Waals surface area contributed by atoms with Crippen LogP contribution >= 0.6 is 7.82 Å². The average Bonchev–Trinajstić information content (AvgIpc) is 3.53. The van der Waals surface area contributed by atoms with Gasteiger partial charge in [0.2, 0.25) is 5.95 Å². The number of hydrogen-bond acceptors (Lipinski definition) is 9. The number of phosphoric acid groups is 1. The van der Waals surface area contributed by atoms with Gasteiger partial charge in [0, 0.05) is 17.1 Å². The van der Waals surface area contributed by atoms with Crippen molar-refractivity contribution in [2.24, 2.45) is 0 Å². The summed E-state index contributed by atoms with van der Waals surface area (Å²) >= 11 is 0. The quantitative estimate of drug-likeness (QED) is 0.138. The van der Waals surface area contributed by atoms with E-state index < -0.39 is 55.7 Å². The van der Waals surface area contributed by atoms with Gasteiger partial charge in [-0.15, -0.1) is 0 Å². The van der Waals surface area contributed by atoms with Crippen molar-refractivity contribution < 1.29 is 35.7 Å². The van der Waals surface area contributed by atoms with Gasteiger partial charge in [-0.2, -0.15) is 32.3 Å². The molecule has 0 unspecified atom stereocenters. The number of nitrogens with one attached hydrogen (secondary N) is 1. The van der Waals surface area contributed by atoms with E-state index in [0.717, 1.165) is 31.7 Å². The second-order valence-corrected chi connectivity index (χ2v) is 15.4. The fourth-order valence-electron chi connectivity index (χ4n) is 5.55. The molecule has 0 aliphatic heterocycles. The van der Waals surface area contributed by atoms with Crippen molar-refractivity contribution >= 4 is 24.4 Å². The molecule has 18 heteroatoms. The number of phosphoric ester groups is 1. The minimum Gasteiger partial charge on any atom is -0.281 e. The van der Waals surface area contributed by atoms with Crippen molar-refractivity contribution in [3.63, 3.8) is 0 Å². The summed E-state index contributed by atoms with van der Waals surface area (Å²) < 4.78 is 87.4. The summed E-state index contributed by atoms with van der Waals surface area (Å²) in [5.41, 5.74) is -1.90. The molecule has 4 aromatic heterocycles. The molecule has 6 rings (SSSR count). The number of alkyl halides is 3. The fourth-order valence-corrected chi connectivity index (χ4v) is 7.30. The number of fused-ring (bicyclic) bond motifs is 2. The first kappa shape index (κ1) is 34.7. The molecule has 4 heterocycles. The van der Waals surface area contributed by atoms with E-state index in [0.29, 0.717) is 22.9 Å². The summed E-state index contributed by atoms with van der Waals surface area (Å²) in [6, 6.07) is 6.74. The Bertz CT molecular complexity index is 2210. The number of rotatable bonds is 9. The van der Waals surface area contributed by atoms with Crippen LogP contribution in [0.2, 0.25) is 0 Å². The van der Waals surface area contributed by atoms with E-state index in [2.05, 4.69) is 20.2 Å². The van der Waals surface area contributed by atoms with Gasteiger partial charge < -0.3 is 0 Å². The molecular weight excluding hydrogens is 673 g/mol. The number of halogens is 4. The predicted octanol–water partition coefficient (Wildman–Crippen LogP) is 6.28. The second kappa shape index (κ2) is 12.0. The molecular formula is C31H34F4N7O6P. The minimum absolute atomic E-state index is 0.00109. The minimum atomic E-state index is -4.45. The Morgan fingerprint density at radius 2 is 1.69 bits per heavy atom. The van der Waals surface area contributed by atoms with E-state index in [1.54, 1.807) is 59.7 Å². The molecule has 5 aromatic rings. The zero-order chi connectivity index (χ0) is 35.7. The van der Waals surface area contributed by atoms with Crippen LogP contribution in [0.5, 0.6) is 0 Å². The van der Waals surface area contributed by atoms with Crippen molar-refractivity contribution in [3.8, 4) is 11.3 Å². The zero-order valence-corrected chi connectivity index (χ0v) is 28.3. The van der Waals surface area contributed by atoms with Gasteiger partial charge in [-0.25, -0.2) is 14.3 Å². The molecule has 1 fully saturated rings. The lowest BCUT2D eigenvalue weighted by atomic mass is 10.0. The molecule has 1 saturated carbocycles. The van der Waals surface area contributed by atoms with Gasteiger partial charge in [0.25, 0.3) is 5.56 Å². The molecule has 0 amide bonds. The van der Waals surface area contributed by atoms with Gasteiger partial charge in [-0.1, -0.05) is 12.1 Å². The van der Waals surface area contributed by atoms with Crippen molar-refractivity contribution in [2.75, 3.05) is 0 Å². The van der Waals surface area contributed by atoms with E-state index in [4.69, 9.17) is 13.6 Å². The fraction of sp³-hybridized carbons (Fsp3) is 0.452. The second-order valence-electron chi connectivity index (χ2n) is 13.9. The van der Waals surface area contributed by atoms with Crippen LogP contribution in [0.25, 0.3) is 27.8 Å². The van der Waals surface area contributed by atoms with Gasteiger partial charge in [0.15, 0.2) is 5.65 Å². The first-order chi connectivity index (χ1) is 22.7. The van der Waals surface area contributed by atoms with Gasteiger partial charge in [-0.05, 0) is 77.5 Å². The van der Waals surface area contributed by atoms with Crippen LogP contribution in [0.3, 0.4) is 0 Å². The van der Waals surface area contributed by atoms with Crippen LogP contribution in [0.4, 0.5) is 17.6 Å². The highest BCUT2D eigenvalue weighted by Gasteiger charge is 2.42. The zero-order valence-electron chi connectivity index (χ0n) is 27.4. The summed E-state index contributed by atoms with van der Waals surface area (Å²) in [4.78, 5) is 32.2. The molecule has 0 spiro atoms. The van der Waals surface area contributed by atoms with Crippen molar-refractivity contribution in [1.82, 2.24) is 33.9 Å². The van der Waals surface area contributed by atoms with E-state index in [9.17, 15) is 31.7 Å². The van der Waals surface area contributed by atoms with Crippen molar-refractivity contribution in [2.45, 2.75) is 90.5 Å². The molecule has 0 bridgehead atoms. The van der Waals surface area contributed by atoms with E-state index in [-0.39, 0.29) is 28.7 Å². The highest BCUT2D eigenvalue weighted by atomic mass is 31.2. The van der Waals surface area contributed by atoms with Gasteiger partial charge >= 0.3 is 19.7 Å². The lowest BCUT2D eigenvalue weighted by molar-refractivity contribution is -0.141. The summed E-state index contributed by atoms with van der Waals surface area (Å²) in [7, 11) is -4.24. The monoisotopic (exact) mass is 707 g/mol. The molecule has 2 atom stereocenters. The highest BCUT2D eigenvalue weighted by Crippen LogP contribution is 2.57.